The Morgan fingerprint density at radius 1 is 0.339 bits per heavy atom. The summed E-state index contributed by atoms with van der Waals surface area (Å²) in [5.41, 5.74) is 0. The van der Waals surface area contributed by atoms with Crippen LogP contribution >= 0.6 is 0 Å². The maximum Gasteiger partial charge on any atom is 0.306 e. The van der Waals surface area contributed by atoms with Gasteiger partial charge in [0.15, 0.2) is 6.10 Å². The van der Waals surface area contributed by atoms with E-state index in [9.17, 15) is 14.4 Å². The molecule has 0 saturated heterocycles. The molecule has 0 heterocycles. The van der Waals surface area contributed by atoms with Gasteiger partial charge in [-0.05, 0) is 64.2 Å². The number of rotatable bonds is 47. The molecule has 0 rings (SSSR count). The van der Waals surface area contributed by atoms with Crippen molar-refractivity contribution in [2.75, 3.05) is 13.2 Å². The summed E-state index contributed by atoms with van der Waals surface area (Å²) in [6.07, 6.45) is 63.0. The van der Waals surface area contributed by atoms with Crippen molar-refractivity contribution in [1.29, 1.82) is 0 Å². The van der Waals surface area contributed by atoms with Gasteiger partial charge in [0.2, 0.25) is 0 Å². The van der Waals surface area contributed by atoms with Crippen molar-refractivity contribution in [3.8, 4) is 0 Å². The number of carbonyl (C=O) groups excluding carboxylic acids is 3. The third-order valence-electron chi connectivity index (χ3n) is 11.3. The second kappa shape index (κ2) is 50.8. The molecule has 62 heavy (non-hydrogen) atoms. The molecule has 0 aliphatic heterocycles. The van der Waals surface area contributed by atoms with E-state index in [0.29, 0.717) is 19.3 Å². The van der Waals surface area contributed by atoms with E-state index in [-0.39, 0.29) is 31.1 Å². The zero-order chi connectivity index (χ0) is 45.1. The van der Waals surface area contributed by atoms with E-state index in [2.05, 4.69) is 81.5 Å². The Hall–Kier alpha value is -2.89. The van der Waals surface area contributed by atoms with Gasteiger partial charge in [0.25, 0.3) is 0 Å². The molecule has 0 aliphatic carbocycles. The van der Waals surface area contributed by atoms with E-state index < -0.39 is 6.10 Å². The Morgan fingerprint density at radius 2 is 0.629 bits per heavy atom. The lowest BCUT2D eigenvalue weighted by atomic mass is 10.0. The predicted octanol–water partition coefficient (Wildman–Crippen LogP) is 17.3. The topological polar surface area (TPSA) is 78.9 Å². The minimum atomic E-state index is -0.762. The second-order valence-corrected chi connectivity index (χ2v) is 17.4. The Balaban J connectivity index is 3.78. The maximum atomic E-state index is 12.5. The molecule has 0 bridgehead atoms. The maximum absolute atomic E-state index is 12.5. The molecular weight excluding hydrogens is 769 g/mol. The molecule has 0 fully saturated rings. The number of esters is 3. The minimum Gasteiger partial charge on any atom is -0.462 e. The van der Waals surface area contributed by atoms with Gasteiger partial charge in [-0.25, -0.2) is 0 Å². The van der Waals surface area contributed by atoms with Gasteiger partial charge in [-0.1, -0.05) is 236 Å². The fourth-order valence-electron chi connectivity index (χ4n) is 7.35. The zero-order valence-electron chi connectivity index (χ0n) is 40.9. The number of hydrogen-bond donors (Lipinski definition) is 0. The van der Waals surface area contributed by atoms with Gasteiger partial charge in [0.1, 0.15) is 13.2 Å². The highest BCUT2D eigenvalue weighted by molar-refractivity contribution is 5.71. The average Bonchev–Trinajstić information content (AvgIpc) is 3.27. The Kier molecular flexibility index (Phi) is 48.4. The summed E-state index contributed by atoms with van der Waals surface area (Å²) in [5, 5.41) is 0. The van der Waals surface area contributed by atoms with Crippen LogP contribution in [-0.4, -0.2) is 37.2 Å². The first-order valence-corrected chi connectivity index (χ1v) is 26.3. The van der Waals surface area contributed by atoms with Gasteiger partial charge in [-0.3, -0.25) is 14.4 Å². The lowest BCUT2D eigenvalue weighted by molar-refractivity contribution is -0.167. The van der Waals surface area contributed by atoms with Crippen molar-refractivity contribution in [2.45, 2.75) is 264 Å². The standard InChI is InChI=1S/C56H98O6/c1-4-7-10-13-15-16-17-18-19-20-21-22-23-24-25-26-27-28-29-30-31-32-33-34-35-36-37-38-39-40-41-44-46-49-55(58)61-52-53(51-60-54(57)48-45-42-12-9-6-3)62-56(59)50-47-43-14-11-8-5-2/h7,10,15-16,18-19,21-22,24-25,53H,4-6,8-9,11-14,17,20,23,26-52H2,1-3H3/b10-7-,16-15-,19-18-,22-21-,25-24-. The number of unbranched alkanes of at least 4 members (excludes halogenated alkanes) is 26. The molecular formula is C56H98O6. The van der Waals surface area contributed by atoms with Crippen molar-refractivity contribution >= 4 is 17.9 Å². The average molecular weight is 867 g/mol. The van der Waals surface area contributed by atoms with Gasteiger partial charge in [0.05, 0.1) is 0 Å². The highest BCUT2D eigenvalue weighted by Gasteiger charge is 2.19. The summed E-state index contributed by atoms with van der Waals surface area (Å²) in [4.78, 5) is 37.3. The monoisotopic (exact) mass is 867 g/mol. The van der Waals surface area contributed by atoms with Crippen LogP contribution in [0.1, 0.15) is 258 Å². The first kappa shape index (κ1) is 59.1. The summed E-state index contributed by atoms with van der Waals surface area (Å²) in [6.45, 7) is 6.38. The van der Waals surface area contributed by atoms with E-state index in [4.69, 9.17) is 14.2 Å². The van der Waals surface area contributed by atoms with Crippen molar-refractivity contribution in [3.63, 3.8) is 0 Å². The van der Waals surface area contributed by atoms with Crippen LogP contribution in [0.2, 0.25) is 0 Å². The Morgan fingerprint density at radius 3 is 0.984 bits per heavy atom. The fourth-order valence-corrected chi connectivity index (χ4v) is 7.35. The zero-order valence-corrected chi connectivity index (χ0v) is 40.9. The summed E-state index contributed by atoms with van der Waals surface area (Å²) in [5.74, 6) is -0.892. The number of ether oxygens (including phenoxy) is 3. The molecule has 1 atom stereocenters. The summed E-state index contributed by atoms with van der Waals surface area (Å²) in [7, 11) is 0. The normalized spacial score (nSPS) is 12.5. The molecule has 1 unspecified atom stereocenters. The lowest BCUT2D eigenvalue weighted by Crippen LogP contribution is -2.30. The summed E-state index contributed by atoms with van der Waals surface area (Å²) in [6, 6.07) is 0. The number of allylic oxidation sites excluding steroid dienone is 10. The van der Waals surface area contributed by atoms with Crippen molar-refractivity contribution < 1.29 is 28.6 Å². The summed E-state index contributed by atoms with van der Waals surface area (Å²) >= 11 is 0. The highest BCUT2D eigenvalue weighted by Crippen LogP contribution is 2.16. The van der Waals surface area contributed by atoms with Crippen LogP contribution in [0.4, 0.5) is 0 Å². The van der Waals surface area contributed by atoms with Crippen molar-refractivity contribution in [1.82, 2.24) is 0 Å². The van der Waals surface area contributed by atoms with Crippen LogP contribution in [0.15, 0.2) is 60.8 Å². The van der Waals surface area contributed by atoms with Crippen LogP contribution in [0, 0.1) is 0 Å². The lowest BCUT2D eigenvalue weighted by Gasteiger charge is -2.18. The smallest absolute Gasteiger partial charge is 0.306 e. The van der Waals surface area contributed by atoms with Gasteiger partial charge in [0, 0.05) is 19.3 Å². The quantitative estimate of drug-likeness (QED) is 0.0262. The molecule has 0 aromatic heterocycles. The predicted molar refractivity (Wildman–Crippen MR) is 265 cm³/mol. The minimum absolute atomic E-state index is 0.0711. The van der Waals surface area contributed by atoms with E-state index in [0.717, 1.165) is 96.3 Å². The Labute approximate surface area is 383 Å². The van der Waals surface area contributed by atoms with Gasteiger partial charge < -0.3 is 14.2 Å². The molecule has 0 saturated carbocycles. The third-order valence-corrected chi connectivity index (χ3v) is 11.3. The molecule has 0 N–H and O–H groups in total. The molecule has 0 radical (unpaired) electrons. The Bertz CT molecular complexity index is 1130. The molecule has 0 aliphatic rings. The highest BCUT2D eigenvalue weighted by atomic mass is 16.6. The molecule has 6 nitrogen and oxygen atoms in total. The van der Waals surface area contributed by atoms with E-state index in [1.54, 1.807) is 0 Å². The molecule has 0 aromatic rings. The van der Waals surface area contributed by atoms with E-state index in [1.165, 1.54) is 122 Å². The SMILES string of the molecule is CC/C=C\C/C=C\C/C=C\C/C=C\C/C=C\CCCCCCCCCCCCCCCCCCCC(=O)OCC(COC(=O)CCCCCCC)OC(=O)CCCCCCCC. The van der Waals surface area contributed by atoms with Gasteiger partial charge >= 0.3 is 17.9 Å². The van der Waals surface area contributed by atoms with Crippen LogP contribution in [-0.2, 0) is 28.6 Å². The van der Waals surface area contributed by atoms with Crippen molar-refractivity contribution in [2.24, 2.45) is 0 Å². The van der Waals surface area contributed by atoms with E-state index >= 15 is 0 Å². The van der Waals surface area contributed by atoms with Crippen LogP contribution in [0.25, 0.3) is 0 Å². The van der Waals surface area contributed by atoms with Crippen molar-refractivity contribution in [3.05, 3.63) is 60.8 Å². The molecule has 0 amide bonds. The first-order chi connectivity index (χ1) is 30.5. The fraction of sp³-hybridized carbons (Fsp3) is 0.768. The summed E-state index contributed by atoms with van der Waals surface area (Å²) < 4.78 is 16.5. The first-order valence-electron chi connectivity index (χ1n) is 26.3. The van der Waals surface area contributed by atoms with E-state index in [1.807, 2.05) is 0 Å². The van der Waals surface area contributed by atoms with Crippen LogP contribution in [0.3, 0.4) is 0 Å². The largest absolute Gasteiger partial charge is 0.462 e. The number of carbonyl (C=O) groups is 3. The molecule has 358 valence electrons. The van der Waals surface area contributed by atoms with Crippen LogP contribution < -0.4 is 0 Å². The second-order valence-electron chi connectivity index (χ2n) is 17.4. The van der Waals surface area contributed by atoms with Crippen LogP contribution in [0.5, 0.6) is 0 Å². The third kappa shape index (κ3) is 48.1. The van der Waals surface area contributed by atoms with Gasteiger partial charge in [-0.15, -0.1) is 0 Å². The molecule has 0 aromatic carbocycles. The molecule has 6 heteroatoms. The molecule has 0 spiro atoms. The number of hydrogen-bond acceptors (Lipinski definition) is 6. The van der Waals surface area contributed by atoms with Gasteiger partial charge in [-0.2, -0.15) is 0 Å².